The standard InChI is InChI=1S/C51H57N15O3/c67-49(34-61-19-1-2-20-61)52-43-13-7-40(8-14-43)46-31-64(58-55-46)28-37-25-38(29-65-32-47(56-59-65)41-9-15-44(16-10-41)53-50(68)35-62-21-3-4-22-62)27-39(26-37)30-66-33-48(57-60-66)42-11-17-45(18-12-42)54-51(69)36-63-23-5-6-24-63/h7-18,25-27,31-33H,1-6,19-24,28-30,34-36H2,(H,52,67)(H,53,68)(H,54,69). The monoisotopic (exact) mass is 927 g/mol. The molecule has 6 heterocycles. The van der Waals surface area contributed by atoms with Crippen LogP contribution in [0.2, 0.25) is 0 Å². The molecular weight excluding hydrogens is 871 g/mol. The summed E-state index contributed by atoms with van der Waals surface area (Å²) in [5, 5.41) is 36.0. The van der Waals surface area contributed by atoms with Crippen molar-refractivity contribution in [2.45, 2.75) is 58.2 Å². The van der Waals surface area contributed by atoms with Gasteiger partial charge in [0.15, 0.2) is 0 Å². The third kappa shape index (κ3) is 12.2. The van der Waals surface area contributed by atoms with E-state index in [1.54, 1.807) is 0 Å². The first-order valence-electron chi connectivity index (χ1n) is 24.0. The minimum absolute atomic E-state index is 0.00690. The topological polar surface area (TPSA) is 189 Å². The molecule has 0 radical (unpaired) electrons. The van der Waals surface area contributed by atoms with Crippen LogP contribution in [-0.4, -0.2) is 136 Å². The van der Waals surface area contributed by atoms with E-state index in [0.29, 0.717) is 39.3 Å². The molecule has 3 fully saturated rings. The van der Waals surface area contributed by atoms with Crippen LogP contribution in [0.3, 0.4) is 0 Å². The number of nitrogens with one attached hydrogen (secondary N) is 3. The highest BCUT2D eigenvalue weighted by Crippen LogP contribution is 2.24. The lowest BCUT2D eigenvalue weighted by Gasteiger charge is -2.14. The molecule has 18 heteroatoms. The molecule has 3 aliphatic rings. The van der Waals surface area contributed by atoms with E-state index in [1.807, 2.05) is 105 Å². The highest BCUT2D eigenvalue weighted by atomic mass is 16.2. The van der Waals surface area contributed by atoms with Gasteiger partial charge >= 0.3 is 0 Å². The Balaban J connectivity index is 0.826. The molecule has 3 aliphatic heterocycles. The van der Waals surface area contributed by atoms with Crippen LogP contribution in [0.5, 0.6) is 0 Å². The van der Waals surface area contributed by atoms with Crippen LogP contribution in [0.15, 0.2) is 110 Å². The van der Waals surface area contributed by atoms with Gasteiger partial charge in [-0.3, -0.25) is 29.1 Å². The van der Waals surface area contributed by atoms with Crippen molar-refractivity contribution in [1.29, 1.82) is 0 Å². The molecule has 7 aromatic rings. The smallest absolute Gasteiger partial charge is 0.238 e. The maximum atomic E-state index is 12.6. The van der Waals surface area contributed by atoms with Crippen LogP contribution in [0.4, 0.5) is 17.1 Å². The second kappa shape index (κ2) is 21.3. The number of aromatic nitrogens is 9. The number of carbonyl (C=O) groups is 3. The van der Waals surface area contributed by atoms with Gasteiger partial charge in [-0.15, -0.1) is 15.3 Å². The lowest BCUT2D eigenvalue weighted by atomic mass is 10.0. The van der Waals surface area contributed by atoms with Crippen LogP contribution in [0.25, 0.3) is 33.8 Å². The molecule has 0 aliphatic carbocycles. The number of benzene rings is 4. The first-order chi connectivity index (χ1) is 33.8. The van der Waals surface area contributed by atoms with E-state index in [4.69, 9.17) is 0 Å². The summed E-state index contributed by atoms with van der Waals surface area (Å²) in [6.07, 6.45) is 12.6. The Bertz CT molecular complexity index is 2530. The van der Waals surface area contributed by atoms with E-state index in [2.05, 4.69) is 79.8 Å². The van der Waals surface area contributed by atoms with Gasteiger partial charge in [0.1, 0.15) is 17.1 Å². The minimum Gasteiger partial charge on any atom is -0.325 e. The zero-order valence-corrected chi connectivity index (χ0v) is 38.7. The minimum atomic E-state index is -0.00690. The van der Waals surface area contributed by atoms with Gasteiger partial charge in [-0.1, -0.05) is 70.2 Å². The maximum Gasteiger partial charge on any atom is 0.238 e. The molecule has 3 amide bonds. The van der Waals surface area contributed by atoms with Gasteiger partial charge in [0, 0.05) is 33.8 Å². The average molecular weight is 928 g/mol. The highest BCUT2D eigenvalue weighted by Gasteiger charge is 2.19. The summed E-state index contributed by atoms with van der Waals surface area (Å²) in [6.45, 7) is 8.44. The molecule has 4 aromatic carbocycles. The first-order valence-corrected chi connectivity index (χ1v) is 24.0. The maximum absolute atomic E-state index is 12.6. The van der Waals surface area contributed by atoms with E-state index < -0.39 is 0 Å². The summed E-state index contributed by atoms with van der Waals surface area (Å²) >= 11 is 0. The third-order valence-corrected chi connectivity index (χ3v) is 12.9. The van der Waals surface area contributed by atoms with Gasteiger partial charge in [0.2, 0.25) is 17.7 Å². The van der Waals surface area contributed by atoms with E-state index >= 15 is 0 Å². The molecule has 10 rings (SSSR count). The Morgan fingerprint density at radius 1 is 0.391 bits per heavy atom. The van der Waals surface area contributed by atoms with E-state index in [9.17, 15) is 14.4 Å². The van der Waals surface area contributed by atoms with Crippen molar-refractivity contribution in [3.8, 4) is 33.8 Å². The van der Waals surface area contributed by atoms with Crippen molar-refractivity contribution in [2.24, 2.45) is 0 Å². The fraction of sp³-hybridized carbons (Fsp3) is 0.353. The Labute approximate surface area is 400 Å². The Morgan fingerprint density at radius 3 is 0.913 bits per heavy atom. The molecule has 354 valence electrons. The zero-order chi connectivity index (χ0) is 46.9. The van der Waals surface area contributed by atoms with Crippen molar-refractivity contribution in [3.05, 3.63) is 126 Å². The molecule has 0 atom stereocenters. The fourth-order valence-corrected chi connectivity index (χ4v) is 9.40. The van der Waals surface area contributed by atoms with E-state index in [1.165, 1.54) is 0 Å². The SMILES string of the molecule is O=C(CN1CCCC1)Nc1ccc(-c2cn(Cc3cc(Cn4cc(-c5ccc(NC(=O)CN6CCCC6)cc5)nn4)cc(Cn4cc(-c5ccc(NC(=O)CN6CCCC6)cc5)nn4)c3)nn2)cc1. The largest absolute Gasteiger partial charge is 0.325 e. The highest BCUT2D eigenvalue weighted by molar-refractivity contribution is 5.93. The molecule has 3 saturated heterocycles. The predicted octanol–water partition coefficient (Wildman–Crippen LogP) is 5.71. The third-order valence-electron chi connectivity index (χ3n) is 12.9. The molecule has 3 aromatic heterocycles. The van der Waals surface area contributed by atoms with Gasteiger partial charge in [0.25, 0.3) is 0 Å². The Morgan fingerprint density at radius 2 is 0.652 bits per heavy atom. The van der Waals surface area contributed by atoms with Crippen molar-refractivity contribution in [3.63, 3.8) is 0 Å². The predicted molar refractivity (Wildman–Crippen MR) is 263 cm³/mol. The van der Waals surface area contributed by atoms with Gasteiger partial charge < -0.3 is 16.0 Å². The molecular formula is C51H57N15O3. The van der Waals surface area contributed by atoms with Gasteiger partial charge in [-0.05, 0) is 131 Å². The van der Waals surface area contributed by atoms with E-state index in [-0.39, 0.29) is 17.7 Å². The Kier molecular flexibility index (Phi) is 14.0. The van der Waals surface area contributed by atoms with Crippen molar-refractivity contribution >= 4 is 34.8 Å². The second-order valence-corrected chi connectivity index (χ2v) is 18.4. The first kappa shape index (κ1) is 45.4. The fourth-order valence-electron chi connectivity index (χ4n) is 9.40. The van der Waals surface area contributed by atoms with Crippen molar-refractivity contribution in [1.82, 2.24) is 59.7 Å². The zero-order valence-electron chi connectivity index (χ0n) is 38.7. The molecule has 0 spiro atoms. The van der Waals surface area contributed by atoms with Gasteiger partial charge in [-0.2, -0.15) is 0 Å². The molecule has 69 heavy (non-hydrogen) atoms. The molecule has 0 bridgehead atoms. The van der Waals surface area contributed by atoms with Gasteiger partial charge in [-0.25, -0.2) is 14.0 Å². The summed E-state index contributed by atoms with van der Waals surface area (Å²) in [5.41, 5.74) is 10.1. The van der Waals surface area contributed by atoms with Crippen LogP contribution in [0, 0.1) is 0 Å². The van der Waals surface area contributed by atoms with Crippen LogP contribution >= 0.6 is 0 Å². The number of amides is 3. The van der Waals surface area contributed by atoms with Crippen molar-refractivity contribution in [2.75, 3.05) is 74.9 Å². The van der Waals surface area contributed by atoms with Crippen LogP contribution in [0.1, 0.15) is 55.2 Å². The average Bonchev–Trinajstić information content (AvgIpc) is 4.21. The van der Waals surface area contributed by atoms with Crippen LogP contribution in [-0.2, 0) is 34.0 Å². The summed E-state index contributed by atoms with van der Waals surface area (Å²) in [4.78, 5) is 44.4. The number of rotatable bonds is 18. The second-order valence-electron chi connectivity index (χ2n) is 18.4. The normalized spacial score (nSPS) is 15.5. The quantitative estimate of drug-likeness (QED) is 0.0953. The summed E-state index contributed by atoms with van der Waals surface area (Å²) < 4.78 is 5.46. The Hall–Kier alpha value is -7.41. The lowest BCUT2D eigenvalue weighted by molar-refractivity contribution is -0.117. The van der Waals surface area contributed by atoms with Crippen LogP contribution < -0.4 is 16.0 Å². The van der Waals surface area contributed by atoms with Crippen molar-refractivity contribution < 1.29 is 14.4 Å². The number of hydrogen-bond acceptors (Lipinski definition) is 12. The van der Waals surface area contributed by atoms with E-state index in [0.717, 1.165) is 145 Å². The molecule has 3 N–H and O–H groups in total. The summed E-state index contributed by atoms with van der Waals surface area (Å²) in [6, 6.07) is 29.5. The number of anilines is 3. The summed E-state index contributed by atoms with van der Waals surface area (Å²) in [7, 11) is 0. The number of hydrogen-bond donors (Lipinski definition) is 3. The number of likely N-dealkylation sites (tertiary alicyclic amines) is 3. The molecule has 18 nitrogen and oxygen atoms in total. The molecule has 0 saturated carbocycles. The number of carbonyl (C=O) groups excluding carboxylic acids is 3. The number of nitrogens with zero attached hydrogens (tertiary/aromatic N) is 12. The van der Waals surface area contributed by atoms with Gasteiger partial charge in [0.05, 0.1) is 57.9 Å². The molecule has 0 unspecified atom stereocenters. The summed E-state index contributed by atoms with van der Waals surface area (Å²) in [5.74, 6) is -0.0207. The lowest BCUT2D eigenvalue weighted by Crippen LogP contribution is -2.30.